The summed E-state index contributed by atoms with van der Waals surface area (Å²) in [6, 6.07) is 7.85. The van der Waals surface area contributed by atoms with Gasteiger partial charge < -0.3 is 10.8 Å². The van der Waals surface area contributed by atoms with Crippen molar-refractivity contribution in [3.05, 3.63) is 34.3 Å². The molecule has 1 aromatic rings. The molecule has 0 spiro atoms. The summed E-state index contributed by atoms with van der Waals surface area (Å²) in [6.07, 6.45) is 0. The van der Waals surface area contributed by atoms with Crippen molar-refractivity contribution in [1.29, 1.82) is 0 Å². The van der Waals surface area contributed by atoms with E-state index < -0.39 is 0 Å². The van der Waals surface area contributed by atoms with Gasteiger partial charge >= 0.3 is 0 Å². The molecule has 1 unspecified atom stereocenters. The number of hydrogen-bond donors (Lipinski definition) is 2. The molecular weight excluding hydrogens is 218 g/mol. The largest absolute Gasteiger partial charge is 0.396 e. The Labute approximate surface area is 80.5 Å². The van der Waals surface area contributed by atoms with Gasteiger partial charge in [-0.05, 0) is 17.7 Å². The van der Waals surface area contributed by atoms with Crippen molar-refractivity contribution >= 4 is 15.9 Å². The Balaban J connectivity index is 2.85. The molecule has 0 bridgehead atoms. The molecule has 12 heavy (non-hydrogen) atoms. The normalized spacial score (nSPS) is 12.9. The molecular formula is C9H12BrNO. The fourth-order valence-corrected chi connectivity index (χ4v) is 1.49. The quantitative estimate of drug-likeness (QED) is 0.826. The highest BCUT2D eigenvalue weighted by Crippen LogP contribution is 2.18. The summed E-state index contributed by atoms with van der Waals surface area (Å²) in [6.45, 7) is 0.583. The van der Waals surface area contributed by atoms with Gasteiger partial charge in [0.1, 0.15) is 0 Å². The minimum atomic E-state index is 0.0579. The lowest BCUT2D eigenvalue weighted by Gasteiger charge is -2.11. The van der Waals surface area contributed by atoms with Crippen LogP contribution < -0.4 is 5.73 Å². The van der Waals surface area contributed by atoms with E-state index in [0.717, 1.165) is 10.0 Å². The highest BCUT2D eigenvalue weighted by Gasteiger charge is 2.07. The Bertz CT molecular complexity index is 248. The molecule has 0 fully saturated rings. The standard InChI is InChI=1S/C9H12BrNO/c10-9-3-1-2-7(4-9)8(5-11)6-12/h1-4,8,12H,5-6,11H2. The van der Waals surface area contributed by atoms with E-state index >= 15 is 0 Å². The molecule has 0 aliphatic rings. The second-order valence-corrected chi connectivity index (χ2v) is 3.59. The van der Waals surface area contributed by atoms with E-state index in [0.29, 0.717) is 6.54 Å². The fraction of sp³-hybridized carbons (Fsp3) is 0.333. The van der Waals surface area contributed by atoms with E-state index in [1.165, 1.54) is 0 Å². The van der Waals surface area contributed by atoms with Gasteiger partial charge in [-0.3, -0.25) is 0 Å². The summed E-state index contributed by atoms with van der Waals surface area (Å²) >= 11 is 3.37. The van der Waals surface area contributed by atoms with Gasteiger partial charge in [0, 0.05) is 16.9 Å². The van der Waals surface area contributed by atoms with Crippen LogP contribution in [-0.2, 0) is 0 Å². The molecule has 0 saturated carbocycles. The zero-order valence-corrected chi connectivity index (χ0v) is 8.29. The van der Waals surface area contributed by atoms with Gasteiger partial charge in [-0.2, -0.15) is 0 Å². The van der Waals surface area contributed by atoms with Gasteiger partial charge in [0.15, 0.2) is 0 Å². The Morgan fingerprint density at radius 3 is 2.75 bits per heavy atom. The fourth-order valence-electron chi connectivity index (χ4n) is 1.08. The van der Waals surface area contributed by atoms with E-state index in [4.69, 9.17) is 10.8 Å². The van der Waals surface area contributed by atoms with E-state index in [1.54, 1.807) is 0 Å². The predicted octanol–water partition coefficient (Wildman–Crippen LogP) is 1.48. The Hall–Kier alpha value is -0.380. The molecule has 1 atom stereocenters. The lowest BCUT2D eigenvalue weighted by Crippen LogP contribution is -2.15. The molecule has 0 radical (unpaired) electrons. The van der Waals surface area contributed by atoms with Crippen LogP contribution >= 0.6 is 15.9 Å². The summed E-state index contributed by atoms with van der Waals surface area (Å²) in [4.78, 5) is 0. The van der Waals surface area contributed by atoms with Crippen molar-refractivity contribution in [2.75, 3.05) is 13.2 Å². The molecule has 2 nitrogen and oxygen atoms in total. The summed E-state index contributed by atoms with van der Waals surface area (Å²) in [5, 5.41) is 8.98. The molecule has 0 saturated heterocycles. The van der Waals surface area contributed by atoms with Crippen LogP contribution in [0.4, 0.5) is 0 Å². The van der Waals surface area contributed by atoms with E-state index in [-0.39, 0.29) is 12.5 Å². The molecule has 0 aromatic heterocycles. The van der Waals surface area contributed by atoms with Crippen LogP contribution in [-0.4, -0.2) is 18.3 Å². The maximum atomic E-state index is 8.98. The maximum Gasteiger partial charge on any atom is 0.0511 e. The molecule has 0 aliphatic heterocycles. The Morgan fingerprint density at radius 1 is 1.50 bits per heavy atom. The van der Waals surface area contributed by atoms with Crippen molar-refractivity contribution < 1.29 is 5.11 Å². The van der Waals surface area contributed by atoms with Gasteiger partial charge in [-0.15, -0.1) is 0 Å². The number of aliphatic hydroxyl groups excluding tert-OH is 1. The summed E-state index contributed by atoms with van der Waals surface area (Å²) in [5.41, 5.74) is 6.57. The van der Waals surface area contributed by atoms with E-state index in [1.807, 2.05) is 24.3 Å². The smallest absolute Gasteiger partial charge is 0.0511 e. The molecule has 3 N–H and O–H groups in total. The average Bonchev–Trinajstić information content (AvgIpc) is 2.07. The molecule has 66 valence electrons. The van der Waals surface area contributed by atoms with Gasteiger partial charge in [-0.1, -0.05) is 28.1 Å². The summed E-state index contributed by atoms with van der Waals surface area (Å²) in [7, 11) is 0. The number of benzene rings is 1. The number of aliphatic hydroxyl groups is 1. The van der Waals surface area contributed by atoms with Crippen molar-refractivity contribution in [2.24, 2.45) is 5.73 Å². The topological polar surface area (TPSA) is 46.2 Å². The third-order valence-electron chi connectivity index (χ3n) is 1.82. The molecule has 3 heteroatoms. The van der Waals surface area contributed by atoms with Gasteiger partial charge in [0.05, 0.1) is 6.61 Å². The second-order valence-electron chi connectivity index (χ2n) is 2.67. The first-order valence-corrected chi connectivity index (χ1v) is 4.63. The molecule has 0 aliphatic carbocycles. The van der Waals surface area contributed by atoms with Gasteiger partial charge in [-0.25, -0.2) is 0 Å². The second kappa shape index (κ2) is 4.60. The van der Waals surface area contributed by atoms with Crippen LogP contribution in [0.15, 0.2) is 28.7 Å². The van der Waals surface area contributed by atoms with Crippen LogP contribution in [0.25, 0.3) is 0 Å². The SMILES string of the molecule is NCC(CO)c1cccc(Br)c1. The third-order valence-corrected chi connectivity index (χ3v) is 2.32. The van der Waals surface area contributed by atoms with Crippen LogP contribution in [0, 0.1) is 0 Å². The third kappa shape index (κ3) is 2.30. The Kier molecular flexibility index (Phi) is 3.72. The van der Waals surface area contributed by atoms with Gasteiger partial charge in [0.2, 0.25) is 0 Å². The molecule has 1 rings (SSSR count). The first-order chi connectivity index (χ1) is 5.77. The van der Waals surface area contributed by atoms with E-state index in [2.05, 4.69) is 15.9 Å². The highest BCUT2D eigenvalue weighted by atomic mass is 79.9. The zero-order chi connectivity index (χ0) is 8.97. The minimum Gasteiger partial charge on any atom is -0.396 e. The monoisotopic (exact) mass is 229 g/mol. The van der Waals surface area contributed by atoms with E-state index in [9.17, 15) is 0 Å². The van der Waals surface area contributed by atoms with Crippen molar-refractivity contribution in [1.82, 2.24) is 0 Å². The van der Waals surface area contributed by atoms with Crippen LogP contribution in [0.5, 0.6) is 0 Å². The average molecular weight is 230 g/mol. The molecule has 0 heterocycles. The van der Waals surface area contributed by atoms with Crippen LogP contribution in [0.1, 0.15) is 11.5 Å². The lowest BCUT2D eigenvalue weighted by molar-refractivity contribution is 0.268. The summed E-state index contributed by atoms with van der Waals surface area (Å²) < 4.78 is 1.02. The Morgan fingerprint density at radius 2 is 2.25 bits per heavy atom. The maximum absolute atomic E-state index is 8.98. The van der Waals surface area contributed by atoms with Crippen LogP contribution in [0.3, 0.4) is 0 Å². The number of hydrogen-bond acceptors (Lipinski definition) is 2. The number of nitrogens with two attached hydrogens (primary N) is 1. The summed E-state index contributed by atoms with van der Waals surface area (Å²) in [5.74, 6) is 0.0579. The van der Waals surface area contributed by atoms with Crippen LogP contribution in [0.2, 0.25) is 0 Å². The zero-order valence-electron chi connectivity index (χ0n) is 6.70. The van der Waals surface area contributed by atoms with Crippen molar-refractivity contribution in [2.45, 2.75) is 5.92 Å². The first kappa shape index (κ1) is 9.71. The van der Waals surface area contributed by atoms with Crippen molar-refractivity contribution in [3.8, 4) is 0 Å². The predicted molar refractivity (Wildman–Crippen MR) is 53.0 cm³/mol. The number of rotatable bonds is 3. The van der Waals surface area contributed by atoms with Crippen molar-refractivity contribution in [3.63, 3.8) is 0 Å². The number of halogens is 1. The highest BCUT2D eigenvalue weighted by molar-refractivity contribution is 9.10. The molecule has 1 aromatic carbocycles. The lowest BCUT2D eigenvalue weighted by atomic mass is 10.0. The minimum absolute atomic E-state index is 0.0579. The van der Waals surface area contributed by atoms with Gasteiger partial charge in [0.25, 0.3) is 0 Å². The first-order valence-electron chi connectivity index (χ1n) is 3.84. The molecule has 0 amide bonds.